The van der Waals surface area contributed by atoms with Crippen molar-refractivity contribution in [2.75, 3.05) is 0 Å². The number of carbonyl (C=O) groups is 2. The molecule has 1 aliphatic carbocycles. The Morgan fingerprint density at radius 3 is 2.52 bits per heavy atom. The number of nitrogens with one attached hydrogen (secondary N) is 1. The van der Waals surface area contributed by atoms with Crippen LogP contribution in [0.5, 0.6) is 0 Å². The second-order valence-corrected chi connectivity index (χ2v) is 6.28. The van der Waals surface area contributed by atoms with Crippen molar-refractivity contribution < 1.29 is 19.4 Å². The molecule has 0 heterocycles. The van der Waals surface area contributed by atoms with Gasteiger partial charge in [0.1, 0.15) is 0 Å². The minimum absolute atomic E-state index is 0.0757. The van der Waals surface area contributed by atoms with E-state index < -0.39 is 12.1 Å². The Morgan fingerprint density at radius 1 is 1.26 bits per heavy atom. The van der Waals surface area contributed by atoms with E-state index >= 15 is 0 Å². The smallest absolute Gasteiger partial charge is 0.338 e. The van der Waals surface area contributed by atoms with Crippen molar-refractivity contribution in [2.24, 2.45) is 5.92 Å². The maximum atomic E-state index is 12.2. The van der Waals surface area contributed by atoms with Crippen LogP contribution in [0, 0.1) is 5.92 Å². The van der Waals surface area contributed by atoms with Gasteiger partial charge in [-0.25, -0.2) is 4.79 Å². The fourth-order valence-corrected chi connectivity index (χ4v) is 2.86. The van der Waals surface area contributed by atoms with Crippen molar-refractivity contribution in [2.45, 2.75) is 58.3 Å². The lowest BCUT2D eigenvalue weighted by atomic mass is 9.86. The highest BCUT2D eigenvalue weighted by molar-refractivity contribution is 5.92. The maximum absolute atomic E-state index is 12.2. The predicted octanol–water partition coefficient (Wildman–Crippen LogP) is 2.42. The molecule has 1 aromatic rings. The van der Waals surface area contributed by atoms with Crippen LogP contribution in [-0.4, -0.2) is 29.1 Å². The molecule has 0 aliphatic heterocycles. The van der Waals surface area contributed by atoms with E-state index in [1.54, 1.807) is 31.2 Å². The summed E-state index contributed by atoms with van der Waals surface area (Å²) in [7, 11) is 0. The van der Waals surface area contributed by atoms with E-state index in [1.165, 1.54) is 6.42 Å². The van der Waals surface area contributed by atoms with Crippen LogP contribution in [0.2, 0.25) is 0 Å². The summed E-state index contributed by atoms with van der Waals surface area (Å²) in [5, 5.41) is 12.0. The van der Waals surface area contributed by atoms with Crippen molar-refractivity contribution in [1.82, 2.24) is 5.32 Å². The first-order chi connectivity index (χ1) is 11.0. The number of benzene rings is 1. The molecule has 0 radical (unpaired) electrons. The molecule has 0 saturated heterocycles. The zero-order valence-corrected chi connectivity index (χ0v) is 13.7. The summed E-state index contributed by atoms with van der Waals surface area (Å²) < 4.78 is 5.24. The minimum atomic E-state index is -0.825. The Balaban J connectivity index is 1.87. The molecule has 1 aliphatic rings. The van der Waals surface area contributed by atoms with Gasteiger partial charge < -0.3 is 15.2 Å². The second kappa shape index (κ2) is 8.11. The van der Waals surface area contributed by atoms with Crippen LogP contribution in [0.4, 0.5) is 0 Å². The van der Waals surface area contributed by atoms with E-state index in [-0.39, 0.29) is 18.6 Å². The van der Waals surface area contributed by atoms with Gasteiger partial charge in [-0.05, 0) is 43.4 Å². The van der Waals surface area contributed by atoms with E-state index in [9.17, 15) is 9.59 Å². The molecular formula is C18H25NO4. The number of esters is 1. The molecule has 2 N–H and O–H groups in total. The number of aliphatic hydroxyl groups is 1. The third kappa shape index (κ3) is 4.79. The molecule has 1 amide bonds. The van der Waals surface area contributed by atoms with E-state index in [1.807, 2.05) is 0 Å². The van der Waals surface area contributed by atoms with Gasteiger partial charge in [-0.1, -0.05) is 31.9 Å². The van der Waals surface area contributed by atoms with E-state index in [2.05, 4.69) is 12.2 Å². The molecule has 5 heteroatoms. The third-order valence-electron chi connectivity index (χ3n) is 4.46. The number of ether oxygens (including phenoxy) is 1. The molecule has 0 spiro atoms. The summed E-state index contributed by atoms with van der Waals surface area (Å²) in [6.07, 6.45) is 3.61. The Morgan fingerprint density at radius 2 is 1.91 bits per heavy atom. The average molecular weight is 319 g/mol. The molecule has 0 unspecified atom stereocenters. The molecule has 23 heavy (non-hydrogen) atoms. The van der Waals surface area contributed by atoms with Crippen LogP contribution < -0.4 is 5.32 Å². The van der Waals surface area contributed by atoms with Crippen molar-refractivity contribution in [3.05, 3.63) is 35.4 Å². The van der Waals surface area contributed by atoms with Crippen LogP contribution in [0.3, 0.4) is 0 Å². The lowest BCUT2D eigenvalue weighted by Gasteiger charge is -2.30. The quantitative estimate of drug-likeness (QED) is 0.817. The standard InChI is InChI=1S/C18H25NO4/c1-12-5-3-4-6-16(12)19-17(21)13(2)23-18(22)15-9-7-14(11-20)8-10-15/h7-10,12-13,16,20H,3-6,11H2,1-2H3,(H,19,21)/t12-,13-,16-/m1/s1. The monoisotopic (exact) mass is 319 g/mol. The van der Waals surface area contributed by atoms with Crippen LogP contribution >= 0.6 is 0 Å². The predicted molar refractivity (Wildman–Crippen MR) is 86.8 cm³/mol. The molecule has 2 rings (SSSR count). The van der Waals surface area contributed by atoms with Gasteiger partial charge in [0, 0.05) is 6.04 Å². The second-order valence-electron chi connectivity index (χ2n) is 6.28. The SMILES string of the molecule is C[C@@H]1CCCC[C@H]1NC(=O)[C@@H](C)OC(=O)c1ccc(CO)cc1. The van der Waals surface area contributed by atoms with Crippen molar-refractivity contribution in [3.8, 4) is 0 Å². The van der Waals surface area contributed by atoms with Gasteiger partial charge in [-0.15, -0.1) is 0 Å². The first-order valence-electron chi connectivity index (χ1n) is 8.22. The molecular weight excluding hydrogens is 294 g/mol. The fourth-order valence-electron chi connectivity index (χ4n) is 2.86. The van der Waals surface area contributed by atoms with E-state index in [4.69, 9.17) is 9.84 Å². The zero-order valence-electron chi connectivity index (χ0n) is 13.7. The van der Waals surface area contributed by atoms with E-state index in [0.717, 1.165) is 24.8 Å². The number of amides is 1. The number of hydrogen-bond acceptors (Lipinski definition) is 4. The number of aliphatic hydroxyl groups excluding tert-OH is 1. The topological polar surface area (TPSA) is 75.6 Å². The average Bonchev–Trinajstić information content (AvgIpc) is 2.56. The Labute approximate surface area is 137 Å². The number of hydrogen-bond donors (Lipinski definition) is 2. The first-order valence-corrected chi connectivity index (χ1v) is 8.22. The number of rotatable bonds is 5. The molecule has 1 saturated carbocycles. The van der Waals surface area contributed by atoms with Gasteiger partial charge in [0.25, 0.3) is 5.91 Å². The summed E-state index contributed by atoms with van der Waals surface area (Å²) >= 11 is 0. The van der Waals surface area contributed by atoms with Gasteiger partial charge >= 0.3 is 5.97 Å². The molecule has 3 atom stereocenters. The van der Waals surface area contributed by atoms with Crippen LogP contribution in [0.25, 0.3) is 0 Å². The van der Waals surface area contributed by atoms with Crippen molar-refractivity contribution in [1.29, 1.82) is 0 Å². The van der Waals surface area contributed by atoms with Crippen LogP contribution in [-0.2, 0) is 16.1 Å². The first kappa shape index (κ1) is 17.5. The van der Waals surface area contributed by atoms with Crippen LogP contribution in [0.1, 0.15) is 55.5 Å². The normalized spacial score (nSPS) is 22.2. The number of carbonyl (C=O) groups excluding carboxylic acids is 2. The molecule has 0 aromatic heterocycles. The summed E-state index contributed by atoms with van der Waals surface area (Å²) in [6, 6.07) is 6.65. The summed E-state index contributed by atoms with van der Waals surface area (Å²) in [5.41, 5.74) is 1.09. The molecule has 5 nitrogen and oxygen atoms in total. The third-order valence-corrected chi connectivity index (χ3v) is 4.46. The summed E-state index contributed by atoms with van der Waals surface area (Å²) in [6.45, 7) is 3.65. The summed E-state index contributed by atoms with van der Waals surface area (Å²) in [5.74, 6) is -0.320. The van der Waals surface area contributed by atoms with Gasteiger partial charge in [0.15, 0.2) is 6.10 Å². The molecule has 1 fully saturated rings. The summed E-state index contributed by atoms with van der Waals surface area (Å²) in [4.78, 5) is 24.3. The highest BCUT2D eigenvalue weighted by atomic mass is 16.5. The molecule has 1 aromatic carbocycles. The van der Waals surface area contributed by atoms with Crippen LogP contribution in [0.15, 0.2) is 24.3 Å². The van der Waals surface area contributed by atoms with E-state index in [0.29, 0.717) is 11.5 Å². The van der Waals surface area contributed by atoms with Crippen molar-refractivity contribution in [3.63, 3.8) is 0 Å². The zero-order chi connectivity index (χ0) is 16.8. The Bertz CT molecular complexity index is 540. The molecule has 126 valence electrons. The lowest BCUT2D eigenvalue weighted by Crippen LogP contribution is -2.45. The highest BCUT2D eigenvalue weighted by Gasteiger charge is 2.26. The fraction of sp³-hybridized carbons (Fsp3) is 0.556. The Kier molecular flexibility index (Phi) is 6.16. The molecule has 0 bridgehead atoms. The Hall–Kier alpha value is -1.88. The van der Waals surface area contributed by atoms with Gasteiger partial charge in [0.05, 0.1) is 12.2 Å². The maximum Gasteiger partial charge on any atom is 0.338 e. The van der Waals surface area contributed by atoms with Gasteiger partial charge in [0.2, 0.25) is 0 Å². The van der Waals surface area contributed by atoms with Gasteiger partial charge in [-0.2, -0.15) is 0 Å². The highest BCUT2D eigenvalue weighted by Crippen LogP contribution is 2.23. The van der Waals surface area contributed by atoms with Crippen molar-refractivity contribution >= 4 is 11.9 Å². The minimum Gasteiger partial charge on any atom is -0.449 e. The largest absolute Gasteiger partial charge is 0.449 e. The lowest BCUT2D eigenvalue weighted by molar-refractivity contribution is -0.130. The van der Waals surface area contributed by atoms with Gasteiger partial charge in [-0.3, -0.25) is 4.79 Å².